The first-order valence-electron chi connectivity index (χ1n) is 10.2. The Bertz CT molecular complexity index is 1280. The number of ketones is 1. The third kappa shape index (κ3) is 4.08. The molecule has 1 fully saturated rings. The molecule has 0 saturated carbocycles. The first-order chi connectivity index (χ1) is 16.4. The normalized spacial score (nSPS) is 17.2. The van der Waals surface area contributed by atoms with Crippen LogP contribution in [-0.2, 0) is 16.1 Å². The van der Waals surface area contributed by atoms with Crippen molar-refractivity contribution >= 4 is 40.7 Å². The maximum absolute atomic E-state index is 13.2. The number of aromatic nitrogens is 1. The SMILES string of the molecule is COc1c(Cl)cc(/C(O)=C2\C(=O)C(=O)N(Cc3ccncc3)C2c2ccccc2)c(OC)c1Cl. The van der Waals surface area contributed by atoms with Crippen LogP contribution in [0.2, 0.25) is 10.0 Å². The van der Waals surface area contributed by atoms with Gasteiger partial charge in [-0.3, -0.25) is 14.6 Å². The van der Waals surface area contributed by atoms with Crippen LogP contribution >= 0.6 is 23.2 Å². The van der Waals surface area contributed by atoms with Crippen molar-refractivity contribution < 1.29 is 24.2 Å². The summed E-state index contributed by atoms with van der Waals surface area (Å²) in [5.41, 5.74) is 1.41. The average Bonchev–Trinajstić information content (AvgIpc) is 3.09. The second-order valence-electron chi connectivity index (χ2n) is 7.48. The molecule has 2 heterocycles. The smallest absolute Gasteiger partial charge is 0.295 e. The van der Waals surface area contributed by atoms with Crippen LogP contribution in [-0.4, -0.2) is 40.9 Å². The second kappa shape index (κ2) is 9.75. The van der Waals surface area contributed by atoms with Gasteiger partial charge >= 0.3 is 0 Å². The number of nitrogens with zero attached hydrogens (tertiary/aromatic N) is 2. The van der Waals surface area contributed by atoms with Crippen LogP contribution in [0.1, 0.15) is 22.7 Å². The monoisotopic (exact) mass is 498 g/mol. The van der Waals surface area contributed by atoms with E-state index >= 15 is 0 Å². The summed E-state index contributed by atoms with van der Waals surface area (Å²) in [6.45, 7) is 0.144. The van der Waals surface area contributed by atoms with Gasteiger partial charge in [-0.25, -0.2) is 0 Å². The van der Waals surface area contributed by atoms with Gasteiger partial charge in [0.05, 0.1) is 36.4 Å². The predicted octanol–water partition coefficient (Wildman–Crippen LogP) is 5.03. The van der Waals surface area contributed by atoms with Crippen LogP contribution in [0.5, 0.6) is 11.5 Å². The summed E-state index contributed by atoms with van der Waals surface area (Å²) in [4.78, 5) is 31.8. The number of amides is 1. The number of carbonyl (C=O) groups excluding carboxylic acids is 2. The number of aliphatic hydroxyl groups excluding tert-OH is 1. The van der Waals surface area contributed by atoms with Crippen molar-refractivity contribution in [3.05, 3.63) is 93.2 Å². The van der Waals surface area contributed by atoms with E-state index in [1.165, 1.54) is 25.2 Å². The Morgan fingerprint density at radius 3 is 2.29 bits per heavy atom. The molecule has 2 aromatic carbocycles. The van der Waals surface area contributed by atoms with Crippen molar-refractivity contribution in [2.24, 2.45) is 0 Å². The van der Waals surface area contributed by atoms with Crippen molar-refractivity contribution in [2.45, 2.75) is 12.6 Å². The summed E-state index contributed by atoms with van der Waals surface area (Å²) in [6, 6.07) is 13.0. The van der Waals surface area contributed by atoms with Crippen molar-refractivity contribution in [3.8, 4) is 11.5 Å². The number of methoxy groups -OCH3 is 2. The third-order valence-corrected chi connectivity index (χ3v) is 6.18. The summed E-state index contributed by atoms with van der Waals surface area (Å²) in [7, 11) is 2.76. The highest BCUT2D eigenvalue weighted by Gasteiger charge is 2.46. The fourth-order valence-electron chi connectivity index (χ4n) is 4.00. The zero-order valence-corrected chi connectivity index (χ0v) is 19.8. The van der Waals surface area contributed by atoms with E-state index in [0.717, 1.165) is 5.56 Å². The summed E-state index contributed by atoms with van der Waals surface area (Å²) >= 11 is 12.7. The van der Waals surface area contributed by atoms with Crippen LogP contribution < -0.4 is 9.47 Å². The van der Waals surface area contributed by atoms with Gasteiger partial charge in [0.2, 0.25) is 0 Å². The minimum Gasteiger partial charge on any atom is -0.507 e. The molecule has 0 spiro atoms. The molecule has 1 atom stereocenters. The molecule has 4 rings (SSSR count). The summed E-state index contributed by atoms with van der Waals surface area (Å²) in [5.74, 6) is -1.79. The molecule has 0 aliphatic carbocycles. The molecule has 1 aliphatic heterocycles. The number of pyridine rings is 1. The maximum Gasteiger partial charge on any atom is 0.295 e. The van der Waals surface area contributed by atoms with Gasteiger partial charge in [0.25, 0.3) is 11.7 Å². The van der Waals surface area contributed by atoms with Gasteiger partial charge in [0.15, 0.2) is 11.5 Å². The maximum atomic E-state index is 13.2. The highest BCUT2D eigenvalue weighted by atomic mass is 35.5. The molecule has 1 unspecified atom stereocenters. The van der Waals surface area contributed by atoms with Crippen LogP contribution in [0, 0.1) is 0 Å². The number of carbonyl (C=O) groups is 2. The zero-order chi connectivity index (χ0) is 24.4. The molecule has 1 N–H and O–H groups in total. The molecule has 7 nitrogen and oxygen atoms in total. The van der Waals surface area contributed by atoms with Crippen LogP contribution in [0.3, 0.4) is 0 Å². The van der Waals surface area contributed by atoms with E-state index < -0.39 is 23.5 Å². The number of aliphatic hydroxyl groups is 1. The van der Waals surface area contributed by atoms with Crippen molar-refractivity contribution in [1.29, 1.82) is 0 Å². The third-order valence-electron chi connectivity index (χ3n) is 5.55. The minimum absolute atomic E-state index is 0.0290. The predicted molar refractivity (Wildman–Crippen MR) is 128 cm³/mol. The Labute approximate surface area is 206 Å². The van der Waals surface area contributed by atoms with Gasteiger partial charge in [-0.15, -0.1) is 0 Å². The molecular formula is C25H20Cl2N2O5. The number of benzene rings is 2. The van der Waals surface area contributed by atoms with Gasteiger partial charge in [-0.05, 0) is 29.3 Å². The molecule has 3 aromatic rings. The Morgan fingerprint density at radius 1 is 1.03 bits per heavy atom. The molecule has 1 aromatic heterocycles. The van der Waals surface area contributed by atoms with E-state index in [9.17, 15) is 14.7 Å². The minimum atomic E-state index is -0.848. The summed E-state index contributed by atoms with van der Waals surface area (Å²) < 4.78 is 10.6. The molecule has 0 bridgehead atoms. The van der Waals surface area contributed by atoms with Crippen molar-refractivity contribution in [3.63, 3.8) is 0 Å². The molecule has 174 valence electrons. The molecule has 34 heavy (non-hydrogen) atoms. The number of rotatable bonds is 6. The Morgan fingerprint density at radius 2 is 1.68 bits per heavy atom. The van der Waals surface area contributed by atoms with Crippen molar-refractivity contribution in [2.75, 3.05) is 14.2 Å². The summed E-state index contributed by atoms with van der Waals surface area (Å²) in [6.07, 6.45) is 3.21. The lowest BCUT2D eigenvalue weighted by Crippen LogP contribution is -2.29. The molecule has 1 saturated heterocycles. The lowest BCUT2D eigenvalue weighted by atomic mass is 9.95. The molecular weight excluding hydrogens is 479 g/mol. The largest absolute Gasteiger partial charge is 0.507 e. The fourth-order valence-corrected chi connectivity index (χ4v) is 4.69. The van der Waals surface area contributed by atoms with Crippen LogP contribution in [0.15, 0.2) is 66.5 Å². The number of hydrogen-bond donors (Lipinski definition) is 1. The fraction of sp³-hybridized carbons (Fsp3) is 0.160. The number of ether oxygens (including phenoxy) is 2. The quantitative estimate of drug-likeness (QED) is 0.291. The molecule has 1 aliphatic rings. The first kappa shape index (κ1) is 23.6. The van der Waals surface area contributed by atoms with E-state index in [1.54, 1.807) is 48.8 Å². The second-order valence-corrected chi connectivity index (χ2v) is 8.26. The Balaban J connectivity index is 1.93. The zero-order valence-electron chi connectivity index (χ0n) is 18.3. The van der Waals surface area contributed by atoms with Crippen LogP contribution in [0.4, 0.5) is 0 Å². The van der Waals surface area contributed by atoms with Crippen LogP contribution in [0.25, 0.3) is 5.76 Å². The van der Waals surface area contributed by atoms with Gasteiger partial charge in [-0.1, -0.05) is 53.5 Å². The van der Waals surface area contributed by atoms with E-state index in [1.807, 2.05) is 6.07 Å². The Hall–Kier alpha value is -3.55. The van der Waals surface area contributed by atoms with E-state index in [-0.39, 0.29) is 39.2 Å². The highest BCUT2D eigenvalue weighted by molar-refractivity contribution is 6.47. The Kier molecular flexibility index (Phi) is 6.77. The van der Waals surface area contributed by atoms with Gasteiger partial charge in [0.1, 0.15) is 10.8 Å². The standard InChI is InChI=1S/C25H20Cl2N2O5/c1-33-23-16(12-17(26)24(34-2)19(23)27)21(30)18-20(15-6-4-3-5-7-15)29(25(32)22(18)31)13-14-8-10-28-11-9-14/h3-12,20,30H,13H2,1-2H3/b21-18+. The number of Topliss-reactive ketones (excluding diaryl/α,β-unsaturated/α-hetero) is 1. The molecule has 1 amide bonds. The number of hydrogen-bond acceptors (Lipinski definition) is 6. The van der Waals surface area contributed by atoms with Gasteiger partial charge in [-0.2, -0.15) is 0 Å². The lowest BCUT2D eigenvalue weighted by Gasteiger charge is -2.25. The van der Waals surface area contributed by atoms with E-state index in [2.05, 4.69) is 4.98 Å². The highest BCUT2D eigenvalue weighted by Crippen LogP contribution is 2.47. The van der Waals surface area contributed by atoms with E-state index in [4.69, 9.17) is 32.7 Å². The number of likely N-dealkylation sites (tertiary alicyclic amines) is 1. The average molecular weight is 499 g/mol. The molecule has 0 radical (unpaired) electrons. The molecule has 9 heteroatoms. The first-order valence-corrected chi connectivity index (χ1v) is 11.0. The van der Waals surface area contributed by atoms with E-state index in [0.29, 0.717) is 5.56 Å². The topological polar surface area (TPSA) is 89.0 Å². The summed E-state index contributed by atoms with van der Waals surface area (Å²) in [5, 5.41) is 11.5. The lowest BCUT2D eigenvalue weighted by molar-refractivity contribution is -0.140. The van der Waals surface area contributed by atoms with Gasteiger partial charge < -0.3 is 19.5 Å². The van der Waals surface area contributed by atoms with Crippen molar-refractivity contribution in [1.82, 2.24) is 9.88 Å². The number of halogens is 2. The van der Waals surface area contributed by atoms with Gasteiger partial charge in [0, 0.05) is 18.9 Å².